The molecule has 20 heavy (non-hydrogen) atoms. The molecular weight excluding hydrogens is 252 g/mol. The van der Waals surface area contributed by atoms with Crippen molar-refractivity contribution in [3.05, 3.63) is 17.0 Å². The third-order valence-electron chi connectivity index (χ3n) is 4.84. The van der Waals surface area contributed by atoms with Crippen LogP contribution in [0, 0.1) is 25.7 Å². The van der Waals surface area contributed by atoms with Gasteiger partial charge in [0, 0.05) is 18.0 Å². The molecule has 1 heterocycles. The fourth-order valence-electron chi connectivity index (χ4n) is 3.16. The topological polar surface area (TPSA) is 55.1 Å². The summed E-state index contributed by atoms with van der Waals surface area (Å²) in [6.07, 6.45) is 4.85. The highest BCUT2D eigenvalue weighted by atomic mass is 16.5. The van der Waals surface area contributed by atoms with E-state index in [1.807, 2.05) is 13.8 Å². The van der Waals surface area contributed by atoms with Crippen LogP contribution < -0.4 is 5.32 Å². The molecular formula is C16H26N2O2. The van der Waals surface area contributed by atoms with Gasteiger partial charge in [0.2, 0.25) is 5.91 Å². The number of carbonyl (C=O) groups is 1. The van der Waals surface area contributed by atoms with E-state index >= 15 is 0 Å². The van der Waals surface area contributed by atoms with Crippen molar-refractivity contribution in [1.82, 2.24) is 10.5 Å². The van der Waals surface area contributed by atoms with Gasteiger partial charge in [0.15, 0.2) is 0 Å². The first-order valence-corrected chi connectivity index (χ1v) is 7.70. The van der Waals surface area contributed by atoms with Crippen molar-refractivity contribution in [2.75, 3.05) is 0 Å². The summed E-state index contributed by atoms with van der Waals surface area (Å²) in [5.74, 6) is 2.26. The van der Waals surface area contributed by atoms with E-state index in [0.29, 0.717) is 30.7 Å². The van der Waals surface area contributed by atoms with Crippen LogP contribution in [0.2, 0.25) is 0 Å². The number of rotatable bonds is 4. The van der Waals surface area contributed by atoms with Crippen LogP contribution in [-0.2, 0) is 11.2 Å². The third-order valence-corrected chi connectivity index (χ3v) is 4.84. The summed E-state index contributed by atoms with van der Waals surface area (Å²) < 4.78 is 5.13. The summed E-state index contributed by atoms with van der Waals surface area (Å²) in [5.41, 5.74) is 1.97. The number of nitrogens with one attached hydrogen (secondary N) is 1. The zero-order valence-corrected chi connectivity index (χ0v) is 13.0. The largest absolute Gasteiger partial charge is 0.361 e. The summed E-state index contributed by atoms with van der Waals surface area (Å²) in [6.45, 7) is 8.36. The van der Waals surface area contributed by atoms with Gasteiger partial charge in [-0.1, -0.05) is 31.8 Å². The second-order valence-electron chi connectivity index (χ2n) is 6.24. The lowest BCUT2D eigenvalue weighted by Gasteiger charge is -2.34. The van der Waals surface area contributed by atoms with Gasteiger partial charge in [0.25, 0.3) is 0 Å². The Hall–Kier alpha value is -1.32. The van der Waals surface area contributed by atoms with E-state index < -0.39 is 0 Å². The second-order valence-corrected chi connectivity index (χ2v) is 6.24. The monoisotopic (exact) mass is 278 g/mol. The molecule has 112 valence electrons. The molecule has 0 saturated heterocycles. The molecule has 3 unspecified atom stereocenters. The van der Waals surface area contributed by atoms with Gasteiger partial charge in [-0.15, -0.1) is 0 Å². The number of aromatic nitrogens is 1. The number of amides is 1. The van der Waals surface area contributed by atoms with Crippen LogP contribution in [0.3, 0.4) is 0 Å². The smallest absolute Gasteiger partial charge is 0.220 e. The molecule has 0 radical (unpaired) electrons. The highest BCUT2D eigenvalue weighted by molar-refractivity contribution is 5.76. The molecule has 1 amide bonds. The maximum absolute atomic E-state index is 12.1. The Morgan fingerprint density at radius 1 is 1.35 bits per heavy atom. The lowest BCUT2D eigenvalue weighted by atomic mass is 9.78. The molecule has 0 bridgehead atoms. The number of carbonyl (C=O) groups excluding carboxylic acids is 1. The van der Waals surface area contributed by atoms with Gasteiger partial charge in [-0.2, -0.15) is 0 Å². The van der Waals surface area contributed by atoms with E-state index in [9.17, 15) is 4.79 Å². The van der Waals surface area contributed by atoms with Gasteiger partial charge in [-0.25, -0.2) is 0 Å². The van der Waals surface area contributed by atoms with Gasteiger partial charge in [-0.3, -0.25) is 4.79 Å². The van der Waals surface area contributed by atoms with Crippen molar-refractivity contribution >= 4 is 5.91 Å². The summed E-state index contributed by atoms with van der Waals surface area (Å²) in [7, 11) is 0. The molecule has 3 atom stereocenters. The van der Waals surface area contributed by atoms with Crippen LogP contribution in [0.5, 0.6) is 0 Å². The van der Waals surface area contributed by atoms with Gasteiger partial charge in [0.1, 0.15) is 5.76 Å². The summed E-state index contributed by atoms with van der Waals surface area (Å²) >= 11 is 0. The van der Waals surface area contributed by atoms with Crippen molar-refractivity contribution in [1.29, 1.82) is 0 Å². The Morgan fingerprint density at radius 2 is 2.10 bits per heavy atom. The molecule has 0 aromatic carbocycles. The van der Waals surface area contributed by atoms with Crippen molar-refractivity contribution in [3.8, 4) is 0 Å². The minimum absolute atomic E-state index is 0.149. The Balaban J connectivity index is 1.84. The van der Waals surface area contributed by atoms with Crippen LogP contribution in [0.1, 0.15) is 56.5 Å². The van der Waals surface area contributed by atoms with E-state index in [1.54, 1.807) is 0 Å². The first kappa shape index (κ1) is 15.1. The number of aryl methyl sites for hydroxylation is 2. The zero-order chi connectivity index (χ0) is 14.7. The molecule has 4 heteroatoms. The first-order valence-electron chi connectivity index (χ1n) is 7.70. The van der Waals surface area contributed by atoms with Crippen molar-refractivity contribution in [2.24, 2.45) is 11.8 Å². The maximum Gasteiger partial charge on any atom is 0.220 e. The quantitative estimate of drug-likeness (QED) is 0.920. The molecule has 0 aliphatic heterocycles. The van der Waals surface area contributed by atoms with E-state index in [2.05, 4.69) is 24.3 Å². The Morgan fingerprint density at radius 3 is 2.75 bits per heavy atom. The second kappa shape index (κ2) is 6.42. The van der Waals surface area contributed by atoms with Gasteiger partial charge in [-0.05, 0) is 38.5 Å². The molecule has 2 rings (SSSR count). The third kappa shape index (κ3) is 3.41. The summed E-state index contributed by atoms with van der Waals surface area (Å²) in [5, 5.41) is 7.14. The minimum atomic E-state index is 0.149. The van der Waals surface area contributed by atoms with Crippen LogP contribution in [0.25, 0.3) is 0 Å². The van der Waals surface area contributed by atoms with E-state index in [1.165, 1.54) is 12.8 Å². The van der Waals surface area contributed by atoms with Crippen molar-refractivity contribution < 1.29 is 9.32 Å². The predicted molar refractivity (Wildman–Crippen MR) is 78.4 cm³/mol. The number of hydrogen-bond donors (Lipinski definition) is 1. The van der Waals surface area contributed by atoms with Crippen LogP contribution in [0.4, 0.5) is 0 Å². The standard InChI is InChI=1S/C16H26N2O2/c1-10-6-5-7-15(11(10)2)17-16(19)9-8-14-12(3)18-20-13(14)4/h10-11,15H,5-9H2,1-4H3,(H,17,19). The lowest BCUT2D eigenvalue weighted by Crippen LogP contribution is -2.43. The Kier molecular flexibility index (Phi) is 4.84. The zero-order valence-electron chi connectivity index (χ0n) is 13.0. The SMILES string of the molecule is Cc1noc(C)c1CCC(=O)NC1CCCC(C)C1C. The Labute approximate surface area is 121 Å². The number of nitrogens with zero attached hydrogens (tertiary/aromatic N) is 1. The molecule has 1 N–H and O–H groups in total. The van der Waals surface area contributed by atoms with Gasteiger partial charge >= 0.3 is 0 Å². The van der Waals surface area contributed by atoms with Crippen LogP contribution >= 0.6 is 0 Å². The average Bonchev–Trinajstić information content (AvgIpc) is 2.72. The normalized spacial score (nSPS) is 26.5. The minimum Gasteiger partial charge on any atom is -0.361 e. The van der Waals surface area contributed by atoms with E-state index in [4.69, 9.17) is 4.52 Å². The van der Waals surface area contributed by atoms with Gasteiger partial charge < -0.3 is 9.84 Å². The highest BCUT2D eigenvalue weighted by Gasteiger charge is 2.28. The fourth-order valence-corrected chi connectivity index (χ4v) is 3.16. The van der Waals surface area contributed by atoms with E-state index in [-0.39, 0.29) is 5.91 Å². The first-order chi connectivity index (χ1) is 9.49. The fraction of sp³-hybridized carbons (Fsp3) is 0.750. The highest BCUT2D eigenvalue weighted by Crippen LogP contribution is 2.29. The molecule has 1 fully saturated rings. The van der Waals surface area contributed by atoms with Crippen LogP contribution in [-0.4, -0.2) is 17.1 Å². The molecule has 4 nitrogen and oxygen atoms in total. The predicted octanol–water partition coefficient (Wildman–Crippen LogP) is 3.16. The van der Waals surface area contributed by atoms with Crippen LogP contribution in [0.15, 0.2) is 4.52 Å². The molecule has 1 aliphatic rings. The molecule has 1 aromatic heterocycles. The summed E-state index contributed by atoms with van der Waals surface area (Å²) in [6, 6.07) is 0.343. The van der Waals surface area contributed by atoms with E-state index in [0.717, 1.165) is 23.4 Å². The molecule has 1 aromatic rings. The van der Waals surface area contributed by atoms with Crippen molar-refractivity contribution in [2.45, 2.75) is 65.8 Å². The summed E-state index contributed by atoms with van der Waals surface area (Å²) in [4.78, 5) is 12.1. The molecule has 0 spiro atoms. The van der Waals surface area contributed by atoms with Crippen molar-refractivity contribution in [3.63, 3.8) is 0 Å². The Bertz CT molecular complexity index is 448. The molecule has 1 aliphatic carbocycles. The maximum atomic E-state index is 12.1. The number of hydrogen-bond acceptors (Lipinski definition) is 3. The lowest BCUT2D eigenvalue weighted by molar-refractivity contribution is -0.122. The van der Waals surface area contributed by atoms with Gasteiger partial charge in [0.05, 0.1) is 5.69 Å². The molecule has 1 saturated carbocycles. The average molecular weight is 278 g/mol.